The topological polar surface area (TPSA) is 73.9 Å². The maximum absolute atomic E-state index is 12.3. The Hall–Kier alpha value is -3.02. The summed E-state index contributed by atoms with van der Waals surface area (Å²) in [7, 11) is 0. The van der Waals surface area contributed by atoms with E-state index in [9.17, 15) is 9.59 Å². The molecule has 1 N–H and O–H groups in total. The smallest absolute Gasteiger partial charge is 0.338 e. The van der Waals surface area contributed by atoms with Gasteiger partial charge >= 0.3 is 5.97 Å². The van der Waals surface area contributed by atoms with Gasteiger partial charge in [-0.2, -0.15) is 0 Å². The largest absolute Gasteiger partial charge is 0.486 e. The van der Waals surface area contributed by atoms with Crippen molar-refractivity contribution in [2.75, 3.05) is 18.5 Å². The fraction of sp³-hybridized carbons (Fsp3) is 0.333. The molecule has 0 aromatic heterocycles. The van der Waals surface area contributed by atoms with Crippen LogP contribution in [-0.4, -0.2) is 31.2 Å². The Kier molecular flexibility index (Phi) is 5.64. The number of ether oxygens (including phenoxy) is 3. The van der Waals surface area contributed by atoms with Crippen molar-refractivity contribution in [1.29, 1.82) is 0 Å². The fourth-order valence-corrected chi connectivity index (χ4v) is 2.65. The van der Waals surface area contributed by atoms with Gasteiger partial charge in [0, 0.05) is 11.8 Å². The highest BCUT2D eigenvalue weighted by Crippen LogP contribution is 2.32. The molecule has 2 aromatic carbocycles. The van der Waals surface area contributed by atoms with Crippen LogP contribution in [0, 0.1) is 0 Å². The summed E-state index contributed by atoms with van der Waals surface area (Å²) in [6.07, 6.45) is -0.935. The average Bonchev–Trinajstić information content (AvgIpc) is 2.67. The molecule has 0 bridgehead atoms. The molecule has 0 unspecified atom stereocenters. The molecule has 0 aliphatic carbocycles. The van der Waals surface area contributed by atoms with Crippen LogP contribution in [0.2, 0.25) is 0 Å². The molecule has 2 aromatic rings. The van der Waals surface area contributed by atoms with Gasteiger partial charge < -0.3 is 19.5 Å². The minimum atomic E-state index is -0.935. The number of nitrogens with one attached hydrogen (secondary N) is 1. The normalized spacial score (nSPS) is 13.8. The van der Waals surface area contributed by atoms with Crippen molar-refractivity contribution < 1.29 is 23.8 Å². The minimum absolute atomic E-state index is 0.380. The SMILES string of the molecule is CC(C)c1ccc(C(=O)O[C@H](C)C(=O)Nc2ccc3c(c2)OCCO3)cc1. The van der Waals surface area contributed by atoms with Gasteiger partial charge in [0.15, 0.2) is 17.6 Å². The lowest BCUT2D eigenvalue weighted by atomic mass is 10.0. The van der Waals surface area contributed by atoms with Crippen molar-refractivity contribution in [3.63, 3.8) is 0 Å². The summed E-state index contributed by atoms with van der Waals surface area (Å²) in [4.78, 5) is 24.6. The first kappa shape index (κ1) is 18.8. The maximum Gasteiger partial charge on any atom is 0.338 e. The van der Waals surface area contributed by atoms with Crippen molar-refractivity contribution in [3.8, 4) is 11.5 Å². The number of carbonyl (C=O) groups excluding carboxylic acids is 2. The molecular formula is C21H23NO5. The highest BCUT2D eigenvalue weighted by Gasteiger charge is 2.20. The third-order valence-electron chi connectivity index (χ3n) is 4.28. The van der Waals surface area contributed by atoms with E-state index in [-0.39, 0.29) is 0 Å². The van der Waals surface area contributed by atoms with Crippen LogP contribution in [0.5, 0.6) is 11.5 Å². The molecule has 1 heterocycles. The van der Waals surface area contributed by atoms with Gasteiger partial charge in [0.1, 0.15) is 13.2 Å². The molecule has 3 rings (SSSR count). The summed E-state index contributed by atoms with van der Waals surface area (Å²) in [6, 6.07) is 12.3. The first-order valence-electron chi connectivity index (χ1n) is 8.95. The maximum atomic E-state index is 12.3. The molecule has 0 saturated carbocycles. The molecule has 6 heteroatoms. The highest BCUT2D eigenvalue weighted by molar-refractivity contribution is 5.97. The fourth-order valence-electron chi connectivity index (χ4n) is 2.65. The molecule has 1 atom stereocenters. The van der Waals surface area contributed by atoms with E-state index in [1.807, 2.05) is 12.1 Å². The molecule has 0 spiro atoms. The number of amides is 1. The minimum Gasteiger partial charge on any atom is -0.486 e. The van der Waals surface area contributed by atoms with Crippen LogP contribution in [0.15, 0.2) is 42.5 Å². The van der Waals surface area contributed by atoms with Crippen molar-refractivity contribution in [2.45, 2.75) is 32.8 Å². The van der Waals surface area contributed by atoms with Crippen molar-refractivity contribution in [1.82, 2.24) is 0 Å². The Morgan fingerprint density at radius 1 is 0.963 bits per heavy atom. The van der Waals surface area contributed by atoms with E-state index in [0.29, 0.717) is 41.9 Å². The van der Waals surface area contributed by atoms with Crippen molar-refractivity contribution >= 4 is 17.6 Å². The van der Waals surface area contributed by atoms with Gasteiger partial charge in [-0.15, -0.1) is 0 Å². The molecule has 0 fully saturated rings. The molecule has 142 valence electrons. The van der Waals surface area contributed by atoms with Crippen LogP contribution in [0.3, 0.4) is 0 Å². The zero-order valence-electron chi connectivity index (χ0n) is 15.7. The summed E-state index contributed by atoms with van der Waals surface area (Å²) >= 11 is 0. The Balaban J connectivity index is 1.59. The van der Waals surface area contributed by atoms with Gasteiger partial charge in [0.25, 0.3) is 5.91 Å². The Morgan fingerprint density at radius 2 is 1.63 bits per heavy atom. The number of esters is 1. The zero-order valence-corrected chi connectivity index (χ0v) is 15.7. The molecule has 1 aliphatic heterocycles. The first-order valence-corrected chi connectivity index (χ1v) is 8.95. The molecule has 0 radical (unpaired) electrons. The second-order valence-corrected chi connectivity index (χ2v) is 6.67. The monoisotopic (exact) mass is 369 g/mol. The van der Waals surface area contributed by atoms with E-state index >= 15 is 0 Å². The lowest BCUT2D eigenvalue weighted by molar-refractivity contribution is -0.123. The van der Waals surface area contributed by atoms with Gasteiger partial charge in [-0.25, -0.2) is 4.79 Å². The summed E-state index contributed by atoms with van der Waals surface area (Å²) in [5, 5.41) is 2.72. The number of carbonyl (C=O) groups is 2. The summed E-state index contributed by atoms with van der Waals surface area (Å²) in [6.45, 7) is 6.67. The second-order valence-electron chi connectivity index (χ2n) is 6.67. The number of hydrogen-bond acceptors (Lipinski definition) is 5. The molecule has 27 heavy (non-hydrogen) atoms. The quantitative estimate of drug-likeness (QED) is 0.812. The first-order chi connectivity index (χ1) is 12.9. The standard InChI is InChI=1S/C21H23NO5/c1-13(2)15-4-6-16(7-5-15)21(24)27-14(3)20(23)22-17-8-9-18-19(12-17)26-11-10-25-18/h4-9,12-14H,10-11H2,1-3H3,(H,22,23)/t14-/m1/s1. The van der Waals surface area contributed by atoms with Gasteiger partial charge in [-0.3, -0.25) is 4.79 Å². The molecular weight excluding hydrogens is 346 g/mol. The summed E-state index contributed by atoms with van der Waals surface area (Å²) in [5.74, 6) is 0.650. The third kappa shape index (κ3) is 4.58. The number of rotatable bonds is 5. The van der Waals surface area contributed by atoms with Gasteiger partial charge in [-0.1, -0.05) is 26.0 Å². The number of benzene rings is 2. The number of hydrogen-bond donors (Lipinski definition) is 1. The van der Waals surface area contributed by atoms with E-state index in [2.05, 4.69) is 19.2 Å². The lowest BCUT2D eigenvalue weighted by Gasteiger charge is -2.19. The van der Waals surface area contributed by atoms with Gasteiger partial charge in [0.05, 0.1) is 5.56 Å². The Labute approximate surface area is 158 Å². The molecule has 6 nitrogen and oxygen atoms in total. The summed E-state index contributed by atoms with van der Waals surface area (Å²) < 4.78 is 16.2. The van der Waals surface area contributed by atoms with Crippen LogP contribution in [0.4, 0.5) is 5.69 Å². The number of anilines is 1. The van der Waals surface area contributed by atoms with E-state index in [1.54, 1.807) is 30.3 Å². The average molecular weight is 369 g/mol. The van der Waals surface area contributed by atoms with Gasteiger partial charge in [0.2, 0.25) is 0 Å². The highest BCUT2D eigenvalue weighted by atomic mass is 16.6. The van der Waals surface area contributed by atoms with Crippen molar-refractivity contribution in [3.05, 3.63) is 53.6 Å². The Morgan fingerprint density at radius 3 is 2.30 bits per heavy atom. The molecule has 1 amide bonds. The van der Waals surface area contributed by atoms with E-state index in [4.69, 9.17) is 14.2 Å². The van der Waals surface area contributed by atoms with Crippen LogP contribution < -0.4 is 14.8 Å². The van der Waals surface area contributed by atoms with E-state index in [0.717, 1.165) is 5.56 Å². The predicted octanol–water partition coefficient (Wildman–Crippen LogP) is 3.77. The van der Waals surface area contributed by atoms with Crippen LogP contribution in [0.25, 0.3) is 0 Å². The third-order valence-corrected chi connectivity index (χ3v) is 4.28. The molecule has 1 aliphatic rings. The van der Waals surface area contributed by atoms with Crippen LogP contribution in [0.1, 0.15) is 42.6 Å². The number of fused-ring (bicyclic) bond motifs is 1. The van der Waals surface area contributed by atoms with Gasteiger partial charge in [-0.05, 0) is 42.7 Å². The van der Waals surface area contributed by atoms with E-state index in [1.165, 1.54) is 6.92 Å². The van der Waals surface area contributed by atoms with Crippen molar-refractivity contribution in [2.24, 2.45) is 0 Å². The summed E-state index contributed by atoms with van der Waals surface area (Å²) in [5.41, 5.74) is 2.10. The predicted molar refractivity (Wildman–Crippen MR) is 101 cm³/mol. The Bertz CT molecular complexity index is 829. The lowest BCUT2D eigenvalue weighted by Crippen LogP contribution is -2.30. The zero-order chi connectivity index (χ0) is 19.4. The second kappa shape index (κ2) is 8.12. The van der Waals surface area contributed by atoms with E-state index < -0.39 is 18.0 Å². The molecule has 0 saturated heterocycles. The van der Waals surface area contributed by atoms with Crippen LogP contribution >= 0.6 is 0 Å². The van der Waals surface area contributed by atoms with Crippen LogP contribution in [-0.2, 0) is 9.53 Å².